The van der Waals surface area contributed by atoms with Crippen molar-refractivity contribution in [2.24, 2.45) is 0 Å². The van der Waals surface area contributed by atoms with Crippen LogP contribution in [0.3, 0.4) is 0 Å². The van der Waals surface area contributed by atoms with Crippen LogP contribution in [-0.2, 0) is 0 Å². The minimum absolute atomic E-state index is 0.489. The lowest BCUT2D eigenvalue weighted by molar-refractivity contribution is 0.636. The summed E-state index contributed by atoms with van der Waals surface area (Å²) in [6.07, 6.45) is 1.83. The molecule has 2 aromatic heterocycles. The fraction of sp³-hybridized carbons (Fsp3) is 0.400. The van der Waals surface area contributed by atoms with Crippen molar-refractivity contribution >= 4 is 23.2 Å². The Bertz CT molecular complexity index is 623. The normalized spacial score (nSPS) is 15.4. The molecular weight excluding hydrogens is 286 g/mol. The largest absolute Gasteiger partial charge is 0.353 e. The summed E-state index contributed by atoms with van der Waals surface area (Å²) in [4.78, 5) is 8.97. The van der Waals surface area contributed by atoms with Crippen molar-refractivity contribution in [3.8, 4) is 0 Å². The highest BCUT2D eigenvalue weighted by Crippen LogP contribution is 2.25. The molecule has 2 aromatic rings. The average molecular weight is 304 g/mol. The first-order chi connectivity index (χ1) is 10.2. The monoisotopic (exact) mass is 303 g/mol. The first-order valence-electron chi connectivity index (χ1n) is 7.07. The van der Waals surface area contributed by atoms with Crippen LogP contribution < -0.4 is 9.80 Å². The van der Waals surface area contributed by atoms with Gasteiger partial charge < -0.3 is 9.80 Å². The Kier molecular flexibility index (Phi) is 3.92. The zero-order chi connectivity index (χ0) is 14.8. The zero-order valence-corrected chi connectivity index (χ0v) is 13.0. The van der Waals surface area contributed by atoms with E-state index in [2.05, 4.69) is 31.9 Å². The van der Waals surface area contributed by atoms with Crippen LogP contribution in [0.25, 0.3) is 0 Å². The van der Waals surface area contributed by atoms with Gasteiger partial charge >= 0.3 is 0 Å². The molecule has 110 valence electrons. The number of nitrogens with zero attached hydrogens (tertiary/aromatic N) is 5. The fourth-order valence-electron chi connectivity index (χ4n) is 2.55. The third kappa shape index (κ3) is 2.78. The summed E-state index contributed by atoms with van der Waals surface area (Å²) in [7, 11) is 0. The van der Waals surface area contributed by atoms with Crippen LogP contribution in [0.1, 0.15) is 11.1 Å². The number of rotatable bonds is 2. The molecule has 0 saturated carbocycles. The Morgan fingerprint density at radius 2 is 1.67 bits per heavy atom. The summed E-state index contributed by atoms with van der Waals surface area (Å²) < 4.78 is 0. The Hall–Kier alpha value is -1.88. The molecule has 5 nitrogen and oxygen atoms in total. The summed E-state index contributed by atoms with van der Waals surface area (Å²) in [5.74, 6) is 1.98. The summed E-state index contributed by atoms with van der Waals surface area (Å²) in [6.45, 7) is 7.72. The van der Waals surface area contributed by atoms with Gasteiger partial charge in [-0.15, -0.1) is 10.2 Å². The molecule has 0 bridgehead atoms. The van der Waals surface area contributed by atoms with E-state index in [0.29, 0.717) is 5.15 Å². The van der Waals surface area contributed by atoms with E-state index in [-0.39, 0.29) is 0 Å². The molecule has 0 spiro atoms. The molecule has 21 heavy (non-hydrogen) atoms. The minimum Gasteiger partial charge on any atom is -0.353 e. The third-order valence-corrected chi connectivity index (χ3v) is 4.35. The van der Waals surface area contributed by atoms with Gasteiger partial charge in [0.2, 0.25) is 0 Å². The lowest BCUT2D eigenvalue weighted by atomic mass is 10.1. The molecule has 1 saturated heterocycles. The van der Waals surface area contributed by atoms with E-state index >= 15 is 0 Å². The second kappa shape index (κ2) is 5.85. The summed E-state index contributed by atoms with van der Waals surface area (Å²) >= 11 is 6.02. The molecule has 1 aliphatic rings. The lowest BCUT2D eigenvalue weighted by Crippen LogP contribution is -2.47. The highest BCUT2D eigenvalue weighted by atomic mass is 35.5. The molecule has 1 fully saturated rings. The number of aromatic nitrogens is 3. The van der Waals surface area contributed by atoms with Crippen LogP contribution in [0.15, 0.2) is 24.4 Å². The second-order valence-corrected chi connectivity index (χ2v) is 5.58. The minimum atomic E-state index is 0.489. The smallest absolute Gasteiger partial charge is 0.155 e. The van der Waals surface area contributed by atoms with Gasteiger partial charge in [0.25, 0.3) is 0 Å². The van der Waals surface area contributed by atoms with Crippen LogP contribution >= 0.6 is 11.6 Å². The number of halogens is 1. The molecule has 0 atom stereocenters. The van der Waals surface area contributed by atoms with Crippen LogP contribution in [0, 0.1) is 13.8 Å². The maximum Gasteiger partial charge on any atom is 0.155 e. The maximum absolute atomic E-state index is 6.02. The van der Waals surface area contributed by atoms with E-state index < -0.39 is 0 Å². The van der Waals surface area contributed by atoms with Crippen molar-refractivity contribution in [1.29, 1.82) is 0 Å². The molecule has 0 aliphatic carbocycles. The van der Waals surface area contributed by atoms with E-state index in [4.69, 9.17) is 11.6 Å². The first-order valence-corrected chi connectivity index (χ1v) is 7.45. The van der Waals surface area contributed by atoms with E-state index in [9.17, 15) is 0 Å². The van der Waals surface area contributed by atoms with Gasteiger partial charge in [-0.25, -0.2) is 4.98 Å². The highest BCUT2D eigenvalue weighted by molar-refractivity contribution is 6.30. The molecule has 3 rings (SSSR count). The van der Waals surface area contributed by atoms with Crippen LogP contribution in [-0.4, -0.2) is 41.4 Å². The first kappa shape index (κ1) is 14.1. The number of hydrogen-bond acceptors (Lipinski definition) is 5. The third-order valence-electron chi connectivity index (χ3n) is 3.99. The summed E-state index contributed by atoms with van der Waals surface area (Å²) in [5.41, 5.74) is 2.12. The van der Waals surface area contributed by atoms with Gasteiger partial charge in [0, 0.05) is 32.4 Å². The predicted molar refractivity (Wildman–Crippen MR) is 85.2 cm³/mol. The quantitative estimate of drug-likeness (QED) is 0.853. The van der Waals surface area contributed by atoms with Gasteiger partial charge in [-0.2, -0.15) is 0 Å². The summed E-state index contributed by atoms with van der Waals surface area (Å²) in [5, 5.41) is 8.80. The van der Waals surface area contributed by atoms with Gasteiger partial charge in [0.15, 0.2) is 11.0 Å². The molecule has 0 N–H and O–H groups in total. The molecule has 0 radical (unpaired) electrons. The van der Waals surface area contributed by atoms with Gasteiger partial charge in [0.1, 0.15) is 5.82 Å². The van der Waals surface area contributed by atoms with E-state index in [1.807, 2.05) is 31.3 Å². The molecule has 1 aliphatic heterocycles. The Morgan fingerprint density at radius 3 is 2.33 bits per heavy atom. The van der Waals surface area contributed by atoms with Gasteiger partial charge in [-0.05, 0) is 37.1 Å². The maximum atomic E-state index is 6.02. The molecule has 0 aromatic carbocycles. The Morgan fingerprint density at radius 1 is 0.952 bits per heavy atom. The van der Waals surface area contributed by atoms with Gasteiger partial charge in [-0.1, -0.05) is 17.7 Å². The molecular formula is C15H18ClN5. The number of anilines is 2. The van der Waals surface area contributed by atoms with Gasteiger partial charge in [0.05, 0.1) is 0 Å². The SMILES string of the molecule is Cc1c(Cl)nnc(N2CCN(c3ccccn3)CC2)c1C. The fourth-order valence-corrected chi connectivity index (χ4v) is 2.73. The van der Waals surface area contributed by atoms with Crippen molar-refractivity contribution in [1.82, 2.24) is 15.2 Å². The van der Waals surface area contributed by atoms with Crippen molar-refractivity contribution in [2.75, 3.05) is 36.0 Å². The lowest BCUT2D eigenvalue weighted by Gasteiger charge is -2.36. The Labute approximate surface area is 129 Å². The van der Waals surface area contributed by atoms with Crippen molar-refractivity contribution in [2.45, 2.75) is 13.8 Å². The Balaban J connectivity index is 1.73. The topological polar surface area (TPSA) is 45.2 Å². The molecule has 0 unspecified atom stereocenters. The molecule has 6 heteroatoms. The van der Waals surface area contributed by atoms with Crippen molar-refractivity contribution in [3.63, 3.8) is 0 Å². The second-order valence-electron chi connectivity index (χ2n) is 5.23. The van der Waals surface area contributed by atoms with E-state index in [1.165, 1.54) is 0 Å². The van der Waals surface area contributed by atoms with Crippen LogP contribution in [0.4, 0.5) is 11.6 Å². The van der Waals surface area contributed by atoms with Crippen LogP contribution in [0.5, 0.6) is 0 Å². The van der Waals surface area contributed by atoms with E-state index in [1.54, 1.807) is 0 Å². The number of piperazine rings is 1. The van der Waals surface area contributed by atoms with Crippen LogP contribution in [0.2, 0.25) is 5.15 Å². The zero-order valence-electron chi connectivity index (χ0n) is 12.3. The highest BCUT2D eigenvalue weighted by Gasteiger charge is 2.21. The predicted octanol–water partition coefficient (Wildman–Crippen LogP) is 2.47. The van der Waals surface area contributed by atoms with E-state index in [0.717, 1.165) is 48.9 Å². The van der Waals surface area contributed by atoms with Crippen molar-refractivity contribution < 1.29 is 0 Å². The number of hydrogen-bond donors (Lipinski definition) is 0. The number of pyridine rings is 1. The molecule has 3 heterocycles. The standard InChI is InChI=1S/C15H18ClN5/c1-11-12(2)15(19-18-14(11)16)21-9-7-20(8-10-21)13-5-3-4-6-17-13/h3-6H,7-10H2,1-2H3. The van der Waals surface area contributed by atoms with Gasteiger partial charge in [-0.3, -0.25) is 0 Å². The average Bonchev–Trinajstić information content (AvgIpc) is 2.54. The summed E-state index contributed by atoms with van der Waals surface area (Å²) in [6, 6.07) is 6.01. The van der Waals surface area contributed by atoms with Crippen molar-refractivity contribution in [3.05, 3.63) is 40.7 Å². The molecule has 0 amide bonds.